The van der Waals surface area contributed by atoms with E-state index in [1.807, 2.05) is 4.68 Å². The lowest BCUT2D eigenvalue weighted by molar-refractivity contribution is -0.114. The van der Waals surface area contributed by atoms with Crippen molar-refractivity contribution in [3.63, 3.8) is 0 Å². The third-order valence-electron chi connectivity index (χ3n) is 4.70. The molecule has 0 saturated carbocycles. The summed E-state index contributed by atoms with van der Waals surface area (Å²) in [7, 11) is 0. The van der Waals surface area contributed by atoms with Gasteiger partial charge in [0, 0.05) is 30.3 Å². The van der Waals surface area contributed by atoms with Crippen LogP contribution < -0.4 is 5.32 Å². The summed E-state index contributed by atoms with van der Waals surface area (Å²) >= 11 is 0. The van der Waals surface area contributed by atoms with Crippen LogP contribution in [0.1, 0.15) is 34.1 Å². The van der Waals surface area contributed by atoms with E-state index in [0.717, 1.165) is 16.8 Å². The van der Waals surface area contributed by atoms with Gasteiger partial charge in [-0.1, -0.05) is 18.2 Å². The Kier molecular flexibility index (Phi) is 4.65. The maximum absolute atomic E-state index is 13.1. The Bertz CT molecular complexity index is 1040. The molecule has 0 fully saturated rings. The molecule has 6 nitrogen and oxygen atoms in total. The smallest absolute Gasteiger partial charge is 0.254 e. The first kappa shape index (κ1) is 17.9. The number of hydrogen-bond donors (Lipinski definition) is 1. The van der Waals surface area contributed by atoms with E-state index < -0.39 is 0 Å². The number of anilines is 1. The number of amides is 2. The number of halogens is 1. The van der Waals surface area contributed by atoms with E-state index >= 15 is 0 Å². The van der Waals surface area contributed by atoms with Crippen molar-refractivity contribution in [1.82, 2.24) is 14.7 Å². The number of aromatic nitrogens is 2. The fourth-order valence-corrected chi connectivity index (χ4v) is 3.37. The van der Waals surface area contributed by atoms with Crippen LogP contribution in [0, 0.1) is 5.82 Å². The quantitative estimate of drug-likeness (QED) is 0.758. The van der Waals surface area contributed by atoms with Crippen molar-refractivity contribution in [3.05, 3.63) is 82.9 Å². The summed E-state index contributed by atoms with van der Waals surface area (Å²) in [5.41, 5.74) is 4.05. The number of nitrogens with zero attached hydrogens (tertiary/aromatic N) is 3. The average Bonchev–Trinajstić information content (AvgIpc) is 3.24. The number of fused-ring (bicyclic) bond motifs is 1. The second-order valence-corrected chi connectivity index (χ2v) is 6.82. The number of rotatable bonds is 4. The van der Waals surface area contributed by atoms with Crippen LogP contribution in [0.25, 0.3) is 0 Å². The molecule has 2 heterocycles. The molecule has 0 spiro atoms. The summed E-state index contributed by atoms with van der Waals surface area (Å²) in [5, 5.41) is 7.10. The predicted octanol–water partition coefficient (Wildman–Crippen LogP) is 3.18. The molecule has 0 aliphatic carbocycles. The molecule has 1 aliphatic rings. The predicted molar refractivity (Wildman–Crippen MR) is 102 cm³/mol. The maximum atomic E-state index is 13.1. The van der Waals surface area contributed by atoms with Crippen LogP contribution in [0.4, 0.5) is 10.1 Å². The Morgan fingerprint density at radius 1 is 1.14 bits per heavy atom. The molecule has 2 aromatic carbocycles. The Balaban J connectivity index is 1.49. The summed E-state index contributed by atoms with van der Waals surface area (Å²) in [4.78, 5) is 25.9. The zero-order chi connectivity index (χ0) is 19.7. The lowest BCUT2D eigenvalue weighted by Gasteiger charge is -2.17. The molecule has 142 valence electrons. The Hall–Kier alpha value is -3.48. The molecule has 1 N–H and O–H groups in total. The molecule has 0 unspecified atom stereocenters. The molecule has 0 bridgehead atoms. The van der Waals surface area contributed by atoms with Gasteiger partial charge in [-0.15, -0.1) is 0 Å². The largest absolute Gasteiger partial charge is 0.328 e. The normalized spacial score (nSPS) is 12.7. The molecule has 0 radical (unpaired) electrons. The van der Waals surface area contributed by atoms with E-state index in [0.29, 0.717) is 30.9 Å². The standard InChI is InChI=1S/C21H19FN4O2/c1-14(27)24-19-4-2-3-16(9-19)21(28)25-12-17-10-23-26(20(17)13-25)11-15-5-7-18(22)8-6-15/h2-10H,11-13H2,1H3,(H,24,27). The number of carbonyl (C=O) groups is 2. The minimum Gasteiger partial charge on any atom is -0.328 e. The zero-order valence-corrected chi connectivity index (χ0v) is 15.4. The number of nitrogens with one attached hydrogen (secondary N) is 1. The molecule has 1 aromatic heterocycles. The van der Waals surface area contributed by atoms with Gasteiger partial charge >= 0.3 is 0 Å². The number of hydrogen-bond acceptors (Lipinski definition) is 3. The molecule has 28 heavy (non-hydrogen) atoms. The monoisotopic (exact) mass is 378 g/mol. The van der Waals surface area contributed by atoms with E-state index in [1.165, 1.54) is 19.1 Å². The second kappa shape index (κ2) is 7.26. The van der Waals surface area contributed by atoms with Gasteiger partial charge in [0.05, 0.1) is 25.0 Å². The molecule has 1 aliphatic heterocycles. The van der Waals surface area contributed by atoms with Gasteiger partial charge in [-0.05, 0) is 35.9 Å². The molecular formula is C21H19FN4O2. The van der Waals surface area contributed by atoms with Crippen molar-refractivity contribution in [1.29, 1.82) is 0 Å². The van der Waals surface area contributed by atoms with Crippen molar-refractivity contribution in [2.24, 2.45) is 0 Å². The summed E-state index contributed by atoms with van der Waals surface area (Å²) < 4.78 is 14.9. The molecule has 3 aromatic rings. The summed E-state index contributed by atoms with van der Waals surface area (Å²) in [5.74, 6) is -0.552. The Morgan fingerprint density at radius 2 is 1.93 bits per heavy atom. The van der Waals surface area contributed by atoms with Crippen LogP contribution in [-0.2, 0) is 24.4 Å². The van der Waals surface area contributed by atoms with Gasteiger partial charge in [0.25, 0.3) is 5.91 Å². The highest BCUT2D eigenvalue weighted by atomic mass is 19.1. The first-order chi connectivity index (χ1) is 13.5. The Labute approximate surface area is 161 Å². The summed E-state index contributed by atoms with van der Waals surface area (Å²) in [6.07, 6.45) is 1.78. The minimum absolute atomic E-state index is 0.100. The average molecular weight is 378 g/mol. The van der Waals surface area contributed by atoms with Gasteiger partial charge in [-0.25, -0.2) is 4.39 Å². The Morgan fingerprint density at radius 3 is 2.68 bits per heavy atom. The molecule has 7 heteroatoms. The fraction of sp³-hybridized carbons (Fsp3) is 0.190. The van der Waals surface area contributed by atoms with Gasteiger partial charge in [0.15, 0.2) is 0 Å². The molecular weight excluding hydrogens is 359 g/mol. The highest BCUT2D eigenvalue weighted by Gasteiger charge is 2.28. The van der Waals surface area contributed by atoms with Crippen LogP contribution in [0.2, 0.25) is 0 Å². The summed E-state index contributed by atoms with van der Waals surface area (Å²) in [6.45, 7) is 2.90. The van der Waals surface area contributed by atoms with Crippen LogP contribution in [-0.4, -0.2) is 26.5 Å². The van der Waals surface area contributed by atoms with Crippen LogP contribution in [0.3, 0.4) is 0 Å². The topological polar surface area (TPSA) is 67.2 Å². The number of carbonyl (C=O) groups excluding carboxylic acids is 2. The second-order valence-electron chi connectivity index (χ2n) is 6.82. The van der Waals surface area contributed by atoms with Gasteiger partial charge in [-0.2, -0.15) is 5.10 Å². The van der Waals surface area contributed by atoms with Gasteiger partial charge in [0.1, 0.15) is 5.82 Å². The molecule has 2 amide bonds. The van der Waals surface area contributed by atoms with E-state index in [-0.39, 0.29) is 17.6 Å². The lowest BCUT2D eigenvalue weighted by Crippen LogP contribution is -2.26. The SMILES string of the molecule is CC(=O)Nc1cccc(C(=O)N2Cc3cnn(Cc4ccc(F)cc4)c3C2)c1. The highest BCUT2D eigenvalue weighted by Crippen LogP contribution is 2.25. The molecule has 0 saturated heterocycles. The van der Waals surface area contributed by atoms with E-state index in [2.05, 4.69) is 10.4 Å². The summed E-state index contributed by atoms with van der Waals surface area (Å²) in [6, 6.07) is 13.2. The van der Waals surface area contributed by atoms with Gasteiger partial charge in [-0.3, -0.25) is 14.3 Å². The maximum Gasteiger partial charge on any atom is 0.254 e. The minimum atomic E-state index is -0.271. The third kappa shape index (κ3) is 3.64. The fourth-order valence-electron chi connectivity index (χ4n) is 3.37. The first-order valence-corrected chi connectivity index (χ1v) is 8.94. The molecule has 0 atom stereocenters. The van der Waals surface area contributed by atoms with Crippen molar-refractivity contribution in [2.75, 3.05) is 5.32 Å². The van der Waals surface area contributed by atoms with Crippen molar-refractivity contribution in [2.45, 2.75) is 26.6 Å². The van der Waals surface area contributed by atoms with E-state index in [1.54, 1.807) is 47.5 Å². The molecule has 4 rings (SSSR count). The number of benzene rings is 2. The third-order valence-corrected chi connectivity index (χ3v) is 4.70. The van der Waals surface area contributed by atoms with Crippen molar-refractivity contribution >= 4 is 17.5 Å². The first-order valence-electron chi connectivity index (χ1n) is 8.94. The van der Waals surface area contributed by atoms with Gasteiger partial charge < -0.3 is 10.2 Å². The van der Waals surface area contributed by atoms with Crippen LogP contribution in [0.15, 0.2) is 54.7 Å². The zero-order valence-electron chi connectivity index (χ0n) is 15.4. The van der Waals surface area contributed by atoms with Gasteiger partial charge in [0.2, 0.25) is 5.91 Å². The van der Waals surface area contributed by atoms with Crippen molar-refractivity contribution in [3.8, 4) is 0 Å². The van der Waals surface area contributed by atoms with E-state index in [4.69, 9.17) is 0 Å². The van der Waals surface area contributed by atoms with E-state index in [9.17, 15) is 14.0 Å². The van der Waals surface area contributed by atoms with Crippen LogP contribution in [0.5, 0.6) is 0 Å². The van der Waals surface area contributed by atoms with Crippen molar-refractivity contribution < 1.29 is 14.0 Å². The van der Waals surface area contributed by atoms with Crippen LogP contribution >= 0.6 is 0 Å². The lowest BCUT2D eigenvalue weighted by atomic mass is 10.1. The highest BCUT2D eigenvalue weighted by molar-refractivity contribution is 5.97.